The molecule has 1 aromatic rings. The first kappa shape index (κ1) is 14.4. The normalized spacial score (nSPS) is 10.9. The van der Waals surface area contributed by atoms with Gasteiger partial charge in [-0.15, -0.1) is 0 Å². The summed E-state index contributed by atoms with van der Waals surface area (Å²) < 4.78 is 0. The van der Waals surface area contributed by atoms with Gasteiger partial charge in [-0.3, -0.25) is 9.59 Å². The van der Waals surface area contributed by atoms with Gasteiger partial charge in [-0.2, -0.15) is 0 Å². The molecule has 0 atom stereocenters. The molecule has 0 saturated carbocycles. The quantitative estimate of drug-likeness (QED) is 0.736. The fourth-order valence-corrected chi connectivity index (χ4v) is 1.44. The lowest BCUT2D eigenvalue weighted by atomic mass is 10.2. The molecule has 0 fully saturated rings. The van der Waals surface area contributed by atoms with Crippen molar-refractivity contribution in [1.29, 1.82) is 0 Å². The SMILES string of the molecule is CC(C)N(C)CCCNC(=O)c1ccc(=O)[nH]c1. The van der Waals surface area contributed by atoms with Crippen LogP contribution in [0, 0.1) is 0 Å². The van der Waals surface area contributed by atoms with E-state index < -0.39 is 0 Å². The summed E-state index contributed by atoms with van der Waals surface area (Å²) in [6.45, 7) is 5.86. The molecule has 1 heterocycles. The predicted molar refractivity (Wildman–Crippen MR) is 71.8 cm³/mol. The van der Waals surface area contributed by atoms with Gasteiger partial charge in [0.15, 0.2) is 0 Å². The lowest BCUT2D eigenvalue weighted by Crippen LogP contribution is -2.31. The van der Waals surface area contributed by atoms with Gasteiger partial charge >= 0.3 is 0 Å². The van der Waals surface area contributed by atoms with E-state index in [-0.39, 0.29) is 11.5 Å². The van der Waals surface area contributed by atoms with Gasteiger partial charge in [0.25, 0.3) is 5.91 Å². The molecule has 100 valence electrons. The molecule has 0 aliphatic rings. The second-order valence-electron chi connectivity index (χ2n) is 4.63. The number of nitrogens with one attached hydrogen (secondary N) is 2. The maximum Gasteiger partial charge on any atom is 0.252 e. The molecular formula is C13H21N3O2. The molecule has 18 heavy (non-hydrogen) atoms. The van der Waals surface area contributed by atoms with E-state index in [1.807, 2.05) is 0 Å². The van der Waals surface area contributed by atoms with Crippen molar-refractivity contribution in [3.63, 3.8) is 0 Å². The summed E-state index contributed by atoms with van der Waals surface area (Å²) in [5.41, 5.74) is 0.275. The first-order valence-corrected chi connectivity index (χ1v) is 6.18. The minimum atomic E-state index is -0.204. The molecule has 5 nitrogen and oxygen atoms in total. The second-order valence-corrected chi connectivity index (χ2v) is 4.63. The third-order valence-electron chi connectivity index (χ3n) is 2.90. The van der Waals surface area contributed by atoms with Crippen LogP contribution in [0.15, 0.2) is 23.1 Å². The summed E-state index contributed by atoms with van der Waals surface area (Å²) >= 11 is 0. The van der Waals surface area contributed by atoms with Gasteiger partial charge < -0.3 is 15.2 Å². The van der Waals surface area contributed by atoms with Crippen LogP contribution in [0.5, 0.6) is 0 Å². The number of pyridine rings is 1. The van der Waals surface area contributed by atoms with Crippen LogP contribution in [-0.2, 0) is 0 Å². The highest BCUT2D eigenvalue weighted by Crippen LogP contribution is 1.96. The van der Waals surface area contributed by atoms with E-state index >= 15 is 0 Å². The third kappa shape index (κ3) is 4.71. The van der Waals surface area contributed by atoms with E-state index in [0.717, 1.165) is 13.0 Å². The summed E-state index contributed by atoms with van der Waals surface area (Å²) in [4.78, 5) is 27.2. The molecular weight excluding hydrogens is 230 g/mol. The summed E-state index contributed by atoms with van der Waals surface area (Å²) in [7, 11) is 2.06. The van der Waals surface area contributed by atoms with Crippen LogP contribution < -0.4 is 10.9 Å². The minimum absolute atomic E-state index is 0.154. The van der Waals surface area contributed by atoms with E-state index in [1.165, 1.54) is 18.3 Å². The largest absolute Gasteiger partial charge is 0.352 e. The number of aromatic nitrogens is 1. The van der Waals surface area contributed by atoms with E-state index in [0.29, 0.717) is 18.2 Å². The number of hydrogen-bond donors (Lipinski definition) is 2. The van der Waals surface area contributed by atoms with Gasteiger partial charge in [-0.05, 0) is 39.9 Å². The Bertz CT molecular complexity index is 420. The van der Waals surface area contributed by atoms with Crippen LogP contribution in [0.2, 0.25) is 0 Å². The Morgan fingerprint density at radius 1 is 1.44 bits per heavy atom. The topological polar surface area (TPSA) is 65.2 Å². The zero-order chi connectivity index (χ0) is 13.5. The Hall–Kier alpha value is -1.62. The highest BCUT2D eigenvalue weighted by atomic mass is 16.1. The Morgan fingerprint density at radius 3 is 2.72 bits per heavy atom. The van der Waals surface area contributed by atoms with Crippen molar-refractivity contribution in [1.82, 2.24) is 15.2 Å². The Balaban J connectivity index is 2.29. The monoisotopic (exact) mass is 251 g/mol. The van der Waals surface area contributed by atoms with Crippen LogP contribution in [-0.4, -0.2) is 42.0 Å². The number of carbonyl (C=O) groups is 1. The average molecular weight is 251 g/mol. The van der Waals surface area contributed by atoms with Crippen molar-refractivity contribution >= 4 is 5.91 Å². The van der Waals surface area contributed by atoms with E-state index in [4.69, 9.17) is 0 Å². The minimum Gasteiger partial charge on any atom is -0.352 e. The summed E-state index contributed by atoms with van der Waals surface area (Å²) in [6, 6.07) is 3.38. The second kappa shape index (κ2) is 6.96. The van der Waals surface area contributed by atoms with Gasteiger partial charge in [0.2, 0.25) is 5.56 Å². The fourth-order valence-electron chi connectivity index (χ4n) is 1.44. The number of aromatic amines is 1. The van der Waals surface area contributed by atoms with Gasteiger partial charge in [-0.1, -0.05) is 0 Å². The van der Waals surface area contributed by atoms with E-state index in [2.05, 4.69) is 36.1 Å². The van der Waals surface area contributed by atoms with Gasteiger partial charge in [-0.25, -0.2) is 0 Å². The molecule has 1 amide bonds. The molecule has 0 radical (unpaired) electrons. The Kier molecular flexibility index (Phi) is 5.58. The Labute approximate surface area is 107 Å². The highest BCUT2D eigenvalue weighted by Gasteiger charge is 2.05. The van der Waals surface area contributed by atoms with E-state index in [9.17, 15) is 9.59 Å². The van der Waals surface area contributed by atoms with Crippen molar-refractivity contribution in [2.24, 2.45) is 0 Å². The van der Waals surface area contributed by atoms with Crippen LogP contribution >= 0.6 is 0 Å². The molecule has 0 saturated heterocycles. The Morgan fingerprint density at radius 2 is 2.17 bits per heavy atom. The van der Waals surface area contributed by atoms with E-state index in [1.54, 1.807) is 0 Å². The standard InChI is InChI=1S/C13H21N3O2/c1-10(2)16(3)8-4-7-14-13(18)11-5-6-12(17)15-9-11/h5-6,9-10H,4,7-8H2,1-3H3,(H,14,18)(H,15,17). The summed E-state index contributed by atoms with van der Waals surface area (Å²) in [5.74, 6) is -0.154. The van der Waals surface area contributed by atoms with Gasteiger partial charge in [0, 0.05) is 24.8 Å². The molecule has 0 aliphatic heterocycles. The maximum absolute atomic E-state index is 11.7. The zero-order valence-electron chi connectivity index (χ0n) is 11.2. The summed E-state index contributed by atoms with van der Waals surface area (Å²) in [6.07, 6.45) is 2.34. The van der Waals surface area contributed by atoms with Gasteiger partial charge in [0.05, 0.1) is 5.56 Å². The first-order chi connectivity index (χ1) is 8.50. The molecule has 0 aromatic carbocycles. The average Bonchev–Trinajstić information content (AvgIpc) is 2.34. The first-order valence-electron chi connectivity index (χ1n) is 6.18. The van der Waals surface area contributed by atoms with Crippen LogP contribution in [0.1, 0.15) is 30.6 Å². The zero-order valence-corrected chi connectivity index (χ0v) is 11.2. The lowest BCUT2D eigenvalue weighted by molar-refractivity contribution is 0.0951. The van der Waals surface area contributed by atoms with Crippen LogP contribution in [0.3, 0.4) is 0 Å². The highest BCUT2D eigenvalue weighted by molar-refractivity contribution is 5.93. The van der Waals surface area contributed by atoms with Crippen molar-refractivity contribution in [2.45, 2.75) is 26.3 Å². The fraction of sp³-hybridized carbons (Fsp3) is 0.538. The number of nitrogens with zero attached hydrogens (tertiary/aromatic N) is 1. The van der Waals surface area contributed by atoms with Crippen molar-refractivity contribution in [3.8, 4) is 0 Å². The van der Waals surface area contributed by atoms with Crippen molar-refractivity contribution in [2.75, 3.05) is 20.1 Å². The van der Waals surface area contributed by atoms with Crippen LogP contribution in [0.25, 0.3) is 0 Å². The summed E-state index contributed by atoms with van der Waals surface area (Å²) in [5, 5.41) is 2.83. The number of carbonyl (C=O) groups excluding carboxylic acids is 1. The molecule has 0 aliphatic carbocycles. The molecule has 2 N–H and O–H groups in total. The smallest absolute Gasteiger partial charge is 0.252 e. The van der Waals surface area contributed by atoms with Gasteiger partial charge in [0.1, 0.15) is 0 Å². The molecule has 1 aromatic heterocycles. The molecule has 1 rings (SSSR count). The number of amides is 1. The maximum atomic E-state index is 11.7. The number of rotatable bonds is 6. The van der Waals surface area contributed by atoms with Crippen LogP contribution in [0.4, 0.5) is 0 Å². The van der Waals surface area contributed by atoms with Crippen molar-refractivity contribution < 1.29 is 4.79 Å². The van der Waals surface area contributed by atoms with Crippen molar-refractivity contribution in [3.05, 3.63) is 34.2 Å². The molecule has 0 unspecified atom stereocenters. The predicted octanol–water partition coefficient (Wildman–Crippen LogP) is 0.835. The molecule has 0 bridgehead atoms. The number of H-pyrrole nitrogens is 1. The molecule has 0 spiro atoms. The number of hydrogen-bond acceptors (Lipinski definition) is 3. The molecule has 5 heteroatoms. The third-order valence-corrected chi connectivity index (χ3v) is 2.90. The lowest BCUT2D eigenvalue weighted by Gasteiger charge is -2.20.